The molecule has 1 atom stereocenters. The first-order valence-corrected chi connectivity index (χ1v) is 11.7. The van der Waals surface area contributed by atoms with E-state index in [-0.39, 0.29) is 0 Å². The minimum absolute atomic E-state index is 0.478. The van der Waals surface area contributed by atoms with Gasteiger partial charge >= 0.3 is 6.09 Å². The van der Waals surface area contributed by atoms with Crippen LogP contribution in [-0.2, 0) is 4.74 Å². The summed E-state index contributed by atoms with van der Waals surface area (Å²) in [6, 6.07) is 15.3. The first-order chi connectivity index (χ1) is 16.5. The van der Waals surface area contributed by atoms with Gasteiger partial charge in [0.05, 0.1) is 0 Å². The molecule has 1 unspecified atom stereocenters. The predicted octanol–water partition coefficient (Wildman–Crippen LogP) is 8.29. The van der Waals surface area contributed by atoms with E-state index >= 15 is 0 Å². The number of hydrogen-bond acceptors (Lipinski definition) is 4. The molecule has 3 aromatic rings. The van der Waals surface area contributed by atoms with Crippen LogP contribution in [0.5, 0.6) is 0 Å². The number of nitrogens with one attached hydrogen (secondary N) is 1. The molecule has 4 rings (SSSR count). The molecule has 0 spiro atoms. The minimum atomic E-state index is -0.607. The maximum absolute atomic E-state index is 12.6. The molecule has 1 amide bonds. The van der Waals surface area contributed by atoms with Gasteiger partial charge in [0.15, 0.2) is 5.76 Å². The van der Waals surface area contributed by atoms with E-state index in [2.05, 4.69) is 41.7 Å². The molecule has 6 heteroatoms. The number of carbonyl (C=O) groups excluding carboxylic acids is 1. The first-order valence-electron chi connectivity index (χ1n) is 11.3. The second-order valence-electron chi connectivity index (χ2n) is 8.14. The van der Waals surface area contributed by atoms with E-state index < -0.39 is 12.2 Å². The van der Waals surface area contributed by atoms with Crippen LogP contribution in [-0.4, -0.2) is 11.2 Å². The maximum atomic E-state index is 12.6. The Hall–Kier alpha value is -3.57. The van der Waals surface area contributed by atoms with Crippen molar-refractivity contribution in [3.8, 4) is 11.3 Å². The van der Waals surface area contributed by atoms with Gasteiger partial charge in [-0.3, -0.25) is 5.32 Å². The number of allylic oxidation sites excluding steroid dienone is 6. The summed E-state index contributed by atoms with van der Waals surface area (Å²) in [7, 11) is 0. The van der Waals surface area contributed by atoms with E-state index in [0.717, 1.165) is 29.5 Å². The number of anilines is 1. The number of aryl methyl sites for hydroxylation is 1. The zero-order valence-corrected chi connectivity index (χ0v) is 20.2. The van der Waals surface area contributed by atoms with Crippen LogP contribution in [0.4, 0.5) is 10.5 Å². The highest BCUT2D eigenvalue weighted by Crippen LogP contribution is 2.33. The Morgan fingerprint density at radius 3 is 2.65 bits per heavy atom. The number of benzene rings is 2. The highest BCUT2D eigenvalue weighted by molar-refractivity contribution is 6.31. The van der Waals surface area contributed by atoms with Crippen LogP contribution >= 0.6 is 11.6 Å². The van der Waals surface area contributed by atoms with Crippen LogP contribution in [0, 0.1) is 6.92 Å². The largest absolute Gasteiger partial charge is 0.441 e. The lowest BCUT2D eigenvalue weighted by Gasteiger charge is -2.15. The molecule has 0 fully saturated rings. The zero-order valence-electron chi connectivity index (χ0n) is 19.5. The number of carbonyl (C=O) groups is 1. The van der Waals surface area contributed by atoms with Crippen molar-refractivity contribution < 1.29 is 14.1 Å². The van der Waals surface area contributed by atoms with Gasteiger partial charge in [-0.1, -0.05) is 96.0 Å². The third-order valence-electron chi connectivity index (χ3n) is 5.84. The standard InChI is InChI=1S/C28H27ClN2O3/c1-4-20-8-7-9-21(13-12-20)22-14-16-23(17-15-22)27-26(18(2)31-34-27)30-28(32)33-19(3)24-10-5-6-11-25(24)29/h5-11,13-17,19H,4,12H2,1-3H3,(H,30,32). The van der Waals surface area contributed by atoms with Crippen LogP contribution < -0.4 is 5.32 Å². The Balaban J connectivity index is 1.49. The smallest absolute Gasteiger partial charge is 0.412 e. The van der Waals surface area contributed by atoms with Crippen molar-refractivity contribution in [2.75, 3.05) is 5.32 Å². The molecule has 1 heterocycles. The molecular formula is C28H27ClN2O3. The Labute approximate surface area is 204 Å². The van der Waals surface area contributed by atoms with E-state index in [0.29, 0.717) is 22.2 Å². The van der Waals surface area contributed by atoms with E-state index in [9.17, 15) is 4.79 Å². The number of nitrogens with zero attached hydrogens (tertiary/aromatic N) is 1. The minimum Gasteiger partial charge on any atom is -0.441 e. The number of hydrogen-bond donors (Lipinski definition) is 1. The molecule has 0 saturated heterocycles. The summed E-state index contributed by atoms with van der Waals surface area (Å²) in [5.41, 5.74) is 6.29. The lowest BCUT2D eigenvalue weighted by Crippen LogP contribution is -2.17. The van der Waals surface area contributed by atoms with Gasteiger partial charge in [0.25, 0.3) is 0 Å². The maximum Gasteiger partial charge on any atom is 0.412 e. The highest BCUT2D eigenvalue weighted by atomic mass is 35.5. The van der Waals surface area contributed by atoms with E-state index in [1.807, 2.05) is 42.5 Å². The summed E-state index contributed by atoms with van der Waals surface area (Å²) in [6.07, 6.45) is 9.53. The summed E-state index contributed by atoms with van der Waals surface area (Å²) >= 11 is 6.22. The second kappa shape index (κ2) is 10.6. The van der Waals surface area contributed by atoms with Gasteiger partial charge in [-0.2, -0.15) is 0 Å². The van der Waals surface area contributed by atoms with E-state index in [1.165, 1.54) is 11.1 Å². The summed E-state index contributed by atoms with van der Waals surface area (Å²) in [5, 5.41) is 7.38. The van der Waals surface area contributed by atoms with E-state index in [1.54, 1.807) is 19.9 Å². The quantitative estimate of drug-likeness (QED) is 0.390. The molecular weight excluding hydrogens is 448 g/mol. The molecule has 1 aromatic heterocycles. The van der Waals surface area contributed by atoms with Gasteiger partial charge in [-0.15, -0.1) is 0 Å². The first kappa shape index (κ1) is 23.6. The van der Waals surface area contributed by atoms with Crippen molar-refractivity contribution in [3.05, 3.63) is 100 Å². The fraction of sp³-hybridized carbons (Fsp3) is 0.214. The number of aromatic nitrogens is 1. The fourth-order valence-corrected chi connectivity index (χ4v) is 4.12. The summed E-state index contributed by atoms with van der Waals surface area (Å²) in [4.78, 5) is 12.6. The molecule has 174 valence electrons. The molecule has 1 aliphatic rings. The van der Waals surface area contributed by atoms with Crippen molar-refractivity contribution in [2.24, 2.45) is 0 Å². The Bertz CT molecular complexity index is 1270. The van der Waals surface area contributed by atoms with Crippen LogP contribution in [0.1, 0.15) is 49.6 Å². The van der Waals surface area contributed by atoms with Crippen LogP contribution in [0.3, 0.4) is 0 Å². The predicted molar refractivity (Wildman–Crippen MR) is 137 cm³/mol. The van der Waals surface area contributed by atoms with Crippen molar-refractivity contribution in [3.63, 3.8) is 0 Å². The van der Waals surface area contributed by atoms with Gasteiger partial charge in [-0.25, -0.2) is 4.79 Å². The topological polar surface area (TPSA) is 64.4 Å². The molecule has 0 aliphatic heterocycles. The molecule has 0 bridgehead atoms. The van der Waals surface area contributed by atoms with Crippen molar-refractivity contribution in [2.45, 2.75) is 39.7 Å². The van der Waals surface area contributed by atoms with Gasteiger partial charge in [0, 0.05) is 16.1 Å². The zero-order chi connectivity index (χ0) is 24.1. The third kappa shape index (κ3) is 5.32. The SMILES string of the molecule is CCC1=CC=CC(c2ccc(-c3onc(C)c3NC(=O)OC(C)c3ccccc3Cl)cc2)=CC1. The van der Waals surface area contributed by atoms with Gasteiger partial charge in [0.1, 0.15) is 17.5 Å². The average molecular weight is 475 g/mol. The lowest BCUT2D eigenvalue weighted by molar-refractivity contribution is 0.121. The third-order valence-corrected chi connectivity index (χ3v) is 6.19. The Morgan fingerprint density at radius 2 is 1.91 bits per heavy atom. The van der Waals surface area contributed by atoms with Crippen LogP contribution in [0.15, 0.2) is 82.9 Å². The fourth-order valence-electron chi connectivity index (χ4n) is 3.83. The average Bonchev–Trinajstić information content (AvgIpc) is 3.04. The summed E-state index contributed by atoms with van der Waals surface area (Å²) < 4.78 is 11.1. The number of halogens is 1. The van der Waals surface area contributed by atoms with Crippen molar-refractivity contribution in [1.29, 1.82) is 0 Å². The molecule has 2 aromatic carbocycles. The van der Waals surface area contributed by atoms with Gasteiger partial charge in [-0.05, 0) is 43.9 Å². The van der Waals surface area contributed by atoms with Crippen molar-refractivity contribution >= 4 is 29.0 Å². The van der Waals surface area contributed by atoms with Crippen molar-refractivity contribution in [1.82, 2.24) is 5.16 Å². The molecule has 0 radical (unpaired) electrons. The molecule has 5 nitrogen and oxygen atoms in total. The highest BCUT2D eigenvalue weighted by Gasteiger charge is 2.20. The van der Waals surface area contributed by atoms with Crippen LogP contribution in [0.2, 0.25) is 5.02 Å². The molecule has 0 saturated carbocycles. The monoisotopic (exact) mass is 474 g/mol. The number of ether oxygens (including phenoxy) is 1. The summed E-state index contributed by atoms with van der Waals surface area (Å²) in [5.74, 6) is 0.478. The molecule has 1 N–H and O–H groups in total. The van der Waals surface area contributed by atoms with Gasteiger partial charge < -0.3 is 9.26 Å². The lowest BCUT2D eigenvalue weighted by atomic mass is 10.0. The molecule has 1 aliphatic carbocycles. The Kier molecular flexibility index (Phi) is 7.33. The number of amides is 1. The van der Waals surface area contributed by atoms with Crippen LogP contribution in [0.25, 0.3) is 16.9 Å². The van der Waals surface area contributed by atoms with E-state index in [4.69, 9.17) is 20.9 Å². The van der Waals surface area contributed by atoms with Gasteiger partial charge in [0.2, 0.25) is 0 Å². The normalized spacial score (nSPS) is 14.1. The molecule has 34 heavy (non-hydrogen) atoms. The number of rotatable bonds is 6. The summed E-state index contributed by atoms with van der Waals surface area (Å²) in [6.45, 7) is 5.72. The Morgan fingerprint density at radius 1 is 1.18 bits per heavy atom. The second-order valence-corrected chi connectivity index (χ2v) is 8.55.